The SMILES string of the molecule is C=C(C)C1CCC(CCc2ccc(O)cc2O)C(OC2CC(C(=C)C)CCC2CCc2ccc(O)cc2O)C1. The van der Waals surface area contributed by atoms with E-state index in [9.17, 15) is 20.4 Å². The average Bonchev–Trinajstić information content (AvgIpc) is 2.88. The first-order valence-corrected chi connectivity index (χ1v) is 14.6. The molecule has 0 heterocycles. The molecule has 0 saturated heterocycles. The Hall–Kier alpha value is -2.92. The fourth-order valence-electron chi connectivity index (χ4n) is 6.71. The Morgan fingerprint density at radius 3 is 1.46 bits per heavy atom. The van der Waals surface area contributed by atoms with Crippen LogP contribution in [0.3, 0.4) is 0 Å². The summed E-state index contributed by atoms with van der Waals surface area (Å²) in [5, 5.41) is 40.0. The Kier molecular flexibility index (Phi) is 9.66. The molecule has 39 heavy (non-hydrogen) atoms. The lowest BCUT2D eigenvalue weighted by Gasteiger charge is -2.43. The third-order valence-electron chi connectivity index (χ3n) is 9.31. The lowest BCUT2D eigenvalue weighted by molar-refractivity contribution is -0.109. The predicted octanol–water partition coefficient (Wildman–Crippen LogP) is 7.81. The van der Waals surface area contributed by atoms with Gasteiger partial charge in [-0.05, 0) is 125 Å². The molecule has 6 unspecified atom stereocenters. The first-order valence-electron chi connectivity index (χ1n) is 14.6. The number of phenols is 4. The van der Waals surface area contributed by atoms with Gasteiger partial charge in [0.1, 0.15) is 23.0 Å². The van der Waals surface area contributed by atoms with Crippen molar-refractivity contribution < 1.29 is 25.2 Å². The van der Waals surface area contributed by atoms with Gasteiger partial charge in [-0.25, -0.2) is 0 Å². The molecule has 2 aliphatic carbocycles. The van der Waals surface area contributed by atoms with Crippen LogP contribution in [0.15, 0.2) is 60.7 Å². The van der Waals surface area contributed by atoms with Crippen LogP contribution in [0.25, 0.3) is 0 Å². The van der Waals surface area contributed by atoms with Crippen LogP contribution in [-0.2, 0) is 17.6 Å². The molecule has 4 N–H and O–H groups in total. The van der Waals surface area contributed by atoms with Gasteiger partial charge in [-0.3, -0.25) is 0 Å². The highest BCUT2D eigenvalue weighted by Gasteiger charge is 2.38. The predicted molar refractivity (Wildman–Crippen MR) is 156 cm³/mol. The van der Waals surface area contributed by atoms with Crippen molar-refractivity contribution in [2.75, 3.05) is 0 Å². The molecule has 212 valence electrons. The number of ether oxygens (including phenoxy) is 1. The molecule has 0 aliphatic heterocycles. The van der Waals surface area contributed by atoms with E-state index in [1.807, 2.05) is 12.1 Å². The molecule has 2 aliphatic rings. The molecule has 0 bridgehead atoms. The quantitative estimate of drug-likeness (QED) is 0.233. The van der Waals surface area contributed by atoms with Gasteiger partial charge in [-0.15, -0.1) is 0 Å². The molecule has 0 spiro atoms. The molecule has 4 rings (SSSR count). The fraction of sp³-hybridized carbons (Fsp3) is 0.529. The van der Waals surface area contributed by atoms with Crippen molar-refractivity contribution in [2.45, 2.75) is 90.3 Å². The maximum Gasteiger partial charge on any atom is 0.122 e. The zero-order valence-electron chi connectivity index (χ0n) is 23.6. The van der Waals surface area contributed by atoms with Crippen LogP contribution in [-0.4, -0.2) is 32.6 Å². The third kappa shape index (κ3) is 7.60. The minimum atomic E-state index is 0.0791. The summed E-state index contributed by atoms with van der Waals surface area (Å²) >= 11 is 0. The van der Waals surface area contributed by atoms with Crippen molar-refractivity contribution in [3.8, 4) is 23.0 Å². The molecule has 6 atom stereocenters. The van der Waals surface area contributed by atoms with Crippen molar-refractivity contribution in [2.24, 2.45) is 23.7 Å². The van der Waals surface area contributed by atoms with Gasteiger partial charge in [0.15, 0.2) is 0 Å². The minimum absolute atomic E-state index is 0.0791. The Morgan fingerprint density at radius 2 is 1.10 bits per heavy atom. The van der Waals surface area contributed by atoms with Crippen molar-refractivity contribution >= 4 is 0 Å². The first-order chi connectivity index (χ1) is 18.6. The number of hydrogen-bond donors (Lipinski definition) is 4. The van der Waals surface area contributed by atoms with Crippen LogP contribution in [0.2, 0.25) is 0 Å². The number of aryl methyl sites for hydroxylation is 2. The second-order valence-corrected chi connectivity index (χ2v) is 12.1. The van der Waals surface area contributed by atoms with E-state index in [2.05, 4.69) is 27.0 Å². The second kappa shape index (κ2) is 13.0. The second-order valence-electron chi connectivity index (χ2n) is 12.1. The van der Waals surface area contributed by atoms with E-state index in [1.165, 1.54) is 23.3 Å². The highest BCUT2D eigenvalue weighted by Crippen LogP contribution is 2.43. The minimum Gasteiger partial charge on any atom is -0.508 e. The van der Waals surface area contributed by atoms with Gasteiger partial charge in [0.2, 0.25) is 0 Å². The molecule has 5 nitrogen and oxygen atoms in total. The van der Waals surface area contributed by atoms with E-state index in [0.717, 1.165) is 75.3 Å². The third-order valence-corrected chi connectivity index (χ3v) is 9.31. The van der Waals surface area contributed by atoms with Crippen LogP contribution in [0, 0.1) is 23.7 Å². The first kappa shape index (κ1) is 29.1. The van der Waals surface area contributed by atoms with E-state index >= 15 is 0 Å². The van der Waals surface area contributed by atoms with E-state index in [4.69, 9.17) is 4.74 Å². The number of aromatic hydroxyl groups is 4. The molecule has 2 aromatic carbocycles. The van der Waals surface area contributed by atoms with Crippen molar-refractivity contribution in [1.29, 1.82) is 0 Å². The summed E-state index contributed by atoms with van der Waals surface area (Å²) < 4.78 is 7.11. The number of allylic oxidation sites excluding steroid dienone is 2. The van der Waals surface area contributed by atoms with Crippen molar-refractivity contribution in [3.63, 3.8) is 0 Å². The smallest absolute Gasteiger partial charge is 0.122 e. The Bertz CT molecular complexity index is 1060. The standard InChI is InChI=1S/C34H46O5/c1-21(2)27-11-9-25(7-5-23-13-15-29(35)19-31(23)37)33(17-27)39-34-18-28(22(3)4)12-10-26(34)8-6-24-14-16-30(36)20-32(24)38/h13-16,19-20,25-28,33-38H,1,3,5-12,17-18H2,2,4H3. The van der Waals surface area contributed by atoms with E-state index < -0.39 is 0 Å². The zero-order chi connectivity index (χ0) is 28.1. The summed E-state index contributed by atoms with van der Waals surface area (Å²) in [7, 11) is 0. The largest absolute Gasteiger partial charge is 0.508 e. The van der Waals surface area contributed by atoms with Crippen molar-refractivity contribution in [3.05, 3.63) is 71.8 Å². The van der Waals surface area contributed by atoms with E-state index in [1.54, 1.807) is 12.1 Å². The molecule has 0 amide bonds. The maximum absolute atomic E-state index is 10.3. The number of benzene rings is 2. The van der Waals surface area contributed by atoms with E-state index in [0.29, 0.717) is 23.7 Å². The van der Waals surface area contributed by atoms with Gasteiger partial charge in [0, 0.05) is 12.1 Å². The van der Waals surface area contributed by atoms with Crippen LogP contribution in [0.5, 0.6) is 23.0 Å². The molecule has 0 aromatic heterocycles. The molecule has 0 radical (unpaired) electrons. The van der Waals surface area contributed by atoms with Crippen LogP contribution in [0.4, 0.5) is 0 Å². The fourth-order valence-corrected chi connectivity index (χ4v) is 6.71. The lowest BCUT2D eigenvalue weighted by Crippen LogP contribution is -2.41. The van der Waals surface area contributed by atoms with Gasteiger partial charge in [-0.1, -0.05) is 36.4 Å². The number of rotatable bonds is 10. The summed E-state index contributed by atoms with van der Waals surface area (Å²) in [4.78, 5) is 0. The maximum atomic E-state index is 10.3. The summed E-state index contributed by atoms with van der Waals surface area (Å²) in [5.41, 5.74) is 4.17. The van der Waals surface area contributed by atoms with Crippen molar-refractivity contribution in [1.82, 2.24) is 0 Å². The normalized spacial score (nSPS) is 27.2. The Morgan fingerprint density at radius 1 is 0.692 bits per heavy atom. The molecule has 2 saturated carbocycles. The highest BCUT2D eigenvalue weighted by atomic mass is 16.5. The molecular weight excluding hydrogens is 488 g/mol. The molecular formula is C34H46O5. The molecule has 2 aromatic rings. The zero-order valence-corrected chi connectivity index (χ0v) is 23.6. The molecule has 5 heteroatoms. The summed E-state index contributed by atoms with van der Waals surface area (Å²) in [5.74, 6) is 2.16. The highest BCUT2D eigenvalue weighted by molar-refractivity contribution is 5.39. The van der Waals surface area contributed by atoms with Gasteiger partial charge in [-0.2, -0.15) is 0 Å². The van der Waals surface area contributed by atoms with Gasteiger partial charge in [0.25, 0.3) is 0 Å². The Balaban J connectivity index is 1.49. The van der Waals surface area contributed by atoms with Crippen LogP contribution < -0.4 is 0 Å². The van der Waals surface area contributed by atoms with Gasteiger partial charge < -0.3 is 25.2 Å². The average molecular weight is 535 g/mol. The summed E-state index contributed by atoms with van der Waals surface area (Å²) in [6.07, 6.45) is 9.91. The Labute approximate surface area is 233 Å². The van der Waals surface area contributed by atoms with Crippen LogP contribution in [0.1, 0.15) is 76.3 Å². The number of phenolic OH excluding ortho intramolecular Hbond substituents is 4. The van der Waals surface area contributed by atoms with E-state index in [-0.39, 0.29) is 35.2 Å². The van der Waals surface area contributed by atoms with Crippen LogP contribution >= 0.6 is 0 Å². The summed E-state index contributed by atoms with van der Waals surface area (Å²) in [6.45, 7) is 12.8. The lowest BCUT2D eigenvalue weighted by atomic mass is 9.73. The molecule has 2 fully saturated rings. The van der Waals surface area contributed by atoms with Gasteiger partial charge >= 0.3 is 0 Å². The number of hydrogen-bond acceptors (Lipinski definition) is 5. The topological polar surface area (TPSA) is 90.2 Å². The summed E-state index contributed by atoms with van der Waals surface area (Å²) in [6, 6.07) is 9.73. The monoisotopic (exact) mass is 534 g/mol. The van der Waals surface area contributed by atoms with Gasteiger partial charge in [0.05, 0.1) is 12.2 Å².